The molecule has 1 saturated carbocycles. The molecule has 304 valence electrons. The third-order valence-electron chi connectivity index (χ3n) is 14.4. The van der Waals surface area contributed by atoms with Crippen LogP contribution < -0.4 is 14.4 Å². The molecule has 4 heterocycles. The van der Waals surface area contributed by atoms with Gasteiger partial charge in [0, 0.05) is 80.9 Å². The molecule has 13 heteroatoms. The van der Waals surface area contributed by atoms with Gasteiger partial charge in [-0.3, -0.25) is 19.4 Å². The van der Waals surface area contributed by atoms with E-state index in [1.807, 2.05) is 24.0 Å². The minimum absolute atomic E-state index is 0.0323. The van der Waals surface area contributed by atoms with Crippen LogP contribution >= 0.6 is 11.6 Å². The second-order valence-corrected chi connectivity index (χ2v) is 20.3. The largest absolute Gasteiger partial charge is 0.490 e. The van der Waals surface area contributed by atoms with Crippen LogP contribution in [0.1, 0.15) is 80.3 Å². The van der Waals surface area contributed by atoms with Crippen molar-refractivity contribution in [2.75, 3.05) is 70.4 Å². The van der Waals surface area contributed by atoms with Crippen LogP contribution in [0.3, 0.4) is 0 Å². The lowest BCUT2D eigenvalue weighted by Crippen LogP contribution is -2.65. The lowest BCUT2D eigenvalue weighted by atomic mass is 9.62. The van der Waals surface area contributed by atoms with Crippen molar-refractivity contribution in [2.45, 2.75) is 87.5 Å². The van der Waals surface area contributed by atoms with Crippen molar-refractivity contribution >= 4 is 39.1 Å². The van der Waals surface area contributed by atoms with Crippen LogP contribution in [0, 0.1) is 17.8 Å². The van der Waals surface area contributed by atoms with Gasteiger partial charge in [0.1, 0.15) is 5.75 Å². The van der Waals surface area contributed by atoms with Crippen molar-refractivity contribution in [3.8, 4) is 5.75 Å². The first-order chi connectivity index (χ1) is 26.8. The molecule has 2 aromatic rings. The standard InChI is InChI=1S/C43H58ClN5O6S/c1-4-40(50)48-20-19-47-18-17-46(24-35(47)25-48)27-43(52)16-5-7-29(2)30(3)56(53,54)45-41(51)32-10-14-39-38(22-32)49(23-33-9-12-37(33)43)26-42(28-55-39)15-6-8-31-21-34(44)11-13-36(31)42/h4,10-11,13-14,21-22,29-30,33,35,37,52H,1,5-9,12,15-20,23-28H2,2-3H3,(H,45,51)/t29-,30+,33-,35?,37+,42-,43-/m0/s1. The van der Waals surface area contributed by atoms with Crippen molar-refractivity contribution in [3.63, 3.8) is 0 Å². The molecule has 1 spiro atoms. The van der Waals surface area contributed by atoms with E-state index in [4.69, 9.17) is 16.3 Å². The smallest absolute Gasteiger partial charge is 0.264 e. The molecular weight excluding hydrogens is 750 g/mol. The van der Waals surface area contributed by atoms with Crippen molar-refractivity contribution in [1.82, 2.24) is 19.4 Å². The van der Waals surface area contributed by atoms with E-state index >= 15 is 0 Å². The van der Waals surface area contributed by atoms with Crippen molar-refractivity contribution in [3.05, 3.63) is 70.8 Å². The van der Waals surface area contributed by atoms with Crippen molar-refractivity contribution in [2.24, 2.45) is 17.8 Å². The van der Waals surface area contributed by atoms with Gasteiger partial charge < -0.3 is 19.6 Å². The van der Waals surface area contributed by atoms with Gasteiger partial charge in [-0.05, 0) is 117 Å². The zero-order chi connectivity index (χ0) is 39.4. The number of hydrogen-bond acceptors (Lipinski definition) is 9. The highest BCUT2D eigenvalue weighted by molar-refractivity contribution is 7.90. The first kappa shape index (κ1) is 39.7. The van der Waals surface area contributed by atoms with Gasteiger partial charge in [0.05, 0.1) is 23.1 Å². The maximum absolute atomic E-state index is 13.7. The summed E-state index contributed by atoms with van der Waals surface area (Å²) in [7, 11) is -3.99. The Hall–Kier alpha value is -3.16. The Bertz CT molecular complexity index is 1960. The summed E-state index contributed by atoms with van der Waals surface area (Å²) in [4.78, 5) is 35.4. The van der Waals surface area contributed by atoms with E-state index in [1.165, 1.54) is 17.2 Å². The molecule has 1 unspecified atom stereocenters. The molecule has 2 N–H and O–H groups in total. The molecule has 11 nitrogen and oxygen atoms in total. The fourth-order valence-electron chi connectivity index (χ4n) is 10.8. The number of benzene rings is 2. The molecule has 2 aromatic carbocycles. The number of amides is 2. The van der Waals surface area contributed by atoms with Gasteiger partial charge in [-0.2, -0.15) is 0 Å². The summed E-state index contributed by atoms with van der Waals surface area (Å²) in [5.41, 5.74) is 2.25. The monoisotopic (exact) mass is 807 g/mol. The number of fused-ring (bicyclic) bond motifs is 5. The number of ether oxygens (including phenoxy) is 1. The van der Waals surface area contributed by atoms with Gasteiger partial charge in [0.15, 0.2) is 0 Å². The minimum atomic E-state index is -3.99. The molecule has 2 aliphatic carbocycles. The Kier molecular flexibility index (Phi) is 11.0. The molecule has 6 aliphatic rings. The summed E-state index contributed by atoms with van der Waals surface area (Å²) in [6.07, 6.45) is 8.04. The van der Waals surface area contributed by atoms with Crippen LogP contribution in [0.25, 0.3) is 0 Å². The van der Waals surface area contributed by atoms with E-state index in [1.54, 1.807) is 19.1 Å². The molecule has 2 amide bonds. The third-order valence-corrected chi connectivity index (χ3v) is 16.6. The van der Waals surface area contributed by atoms with Crippen LogP contribution in [0.5, 0.6) is 5.75 Å². The third kappa shape index (κ3) is 7.61. The average Bonchev–Trinajstić information content (AvgIpc) is 3.31. The van der Waals surface area contributed by atoms with Crippen LogP contribution in [-0.4, -0.2) is 122 Å². The number of carbonyl (C=O) groups excluding carboxylic acids is 2. The van der Waals surface area contributed by atoms with Crippen molar-refractivity contribution in [1.29, 1.82) is 0 Å². The lowest BCUT2D eigenvalue weighted by molar-refractivity contribution is -0.132. The normalized spacial score (nSPS) is 33.8. The number of rotatable bonds is 3. The summed E-state index contributed by atoms with van der Waals surface area (Å²) >= 11 is 6.50. The summed E-state index contributed by atoms with van der Waals surface area (Å²) in [5.74, 6) is 0.0225. The molecule has 56 heavy (non-hydrogen) atoms. The Labute approximate surface area is 337 Å². The highest BCUT2D eigenvalue weighted by Gasteiger charge is 2.50. The molecule has 0 aromatic heterocycles. The Morgan fingerprint density at radius 3 is 2.64 bits per heavy atom. The minimum Gasteiger partial charge on any atom is -0.490 e. The fourth-order valence-corrected chi connectivity index (χ4v) is 12.4. The highest BCUT2D eigenvalue weighted by atomic mass is 35.5. The summed E-state index contributed by atoms with van der Waals surface area (Å²) in [6.45, 7) is 14.4. The van der Waals surface area contributed by atoms with E-state index in [-0.39, 0.29) is 40.7 Å². The zero-order valence-corrected chi connectivity index (χ0v) is 34.5. The maximum atomic E-state index is 13.7. The second kappa shape index (κ2) is 15.5. The predicted octanol–water partition coefficient (Wildman–Crippen LogP) is 4.85. The Balaban J connectivity index is 1.13. The topological polar surface area (TPSA) is 123 Å². The quantitative estimate of drug-likeness (QED) is 0.420. The number of aliphatic hydroxyl groups is 1. The number of nitrogens with zero attached hydrogens (tertiary/aromatic N) is 4. The number of nitrogens with one attached hydrogen (secondary N) is 1. The second-order valence-electron chi connectivity index (χ2n) is 17.8. The lowest BCUT2D eigenvalue weighted by Gasteiger charge is -2.53. The SMILES string of the molecule is C=CC(=O)N1CCN2CCN(C[C@@]3(O)CCC[C@H](C)[C@@H](C)S(=O)(=O)NC(=O)c4ccc5c(c4)N(C[C@@H]4CC[C@H]43)C[C@@]3(CCCc4cc(Cl)ccc43)CO5)CC2C1. The van der Waals surface area contributed by atoms with Gasteiger partial charge in [-0.15, -0.1) is 0 Å². The van der Waals surface area contributed by atoms with E-state index in [0.717, 1.165) is 69.0 Å². The van der Waals surface area contributed by atoms with E-state index in [9.17, 15) is 23.1 Å². The van der Waals surface area contributed by atoms with Gasteiger partial charge in [-0.25, -0.2) is 13.1 Å². The Morgan fingerprint density at radius 1 is 1.04 bits per heavy atom. The number of sulfonamides is 1. The average molecular weight is 808 g/mol. The van der Waals surface area contributed by atoms with Crippen LogP contribution in [0.2, 0.25) is 5.02 Å². The number of β-amino-alcohol motifs (C(OH)–C–C–N with tert-alkyl or cyclic N) is 1. The van der Waals surface area contributed by atoms with E-state index < -0.39 is 26.8 Å². The molecule has 0 radical (unpaired) electrons. The first-order valence-corrected chi connectivity index (χ1v) is 22.7. The predicted molar refractivity (Wildman–Crippen MR) is 219 cm³/mol. The van der Waals surface area contributed by atoms with Gasteiger partial charge in [0.25, 0.3) is 5.91 Å². The van der Waals surface area contributed by atoms with Crippen molar-refractivity contribution < 1.29 is 27.9 Å². The Morgan fingerprint density at radius 2 is 1.86 bits per heavy atom. The van der Waals surface area contributed by atoms with Gasteiger partial charge in [0.2, 0.25) is 15.9 Å². The molecule has 8 rings (SSSR count). The first-order valence-electron chi connectivity index (χ1n) is 20.7. The van der Waals surface area contributed by atoms with Crippen LogP contribution in [-0.2, 0) is 26.7 Å². The van der Waals surface area contributed by atoms with E-state index in [2.05, 4.69) is 38.1 Å². The molecule has 4 aliphatic heterocycles. The van der Waals surface area contributed by atoms with E-state index in [0.29, 0.717) is 64.3 Å². The number of anilines is 1. The zero-order valence-electron chi connectivity index (χ0n) is 32.9. The summed E-state index contributed by atoms with van der Waals surface area (Å²) in [5, 5.41) is 13.0. The maximum Gasteiger partial charge on any atom is 0.264 e. The van der Waals surface area contributed by atoms with Gasteiger partial charge >= 0.3 is 0 Å². The molecule has 3 fully saturated rings. The number of carbonyl (C=O) groups is 2. The summed E-state index contributed by atoms with van der Waals surface area (Å²) in [6, 6.07) is 11.7. The number of piperazine rings is 2. The molecule has 2 bridgehead atoms. The van der Waals surface area contributed by atoms with Crippen LogP contribution in [0.4, 0.5) is 5.69 Å². The van der Waals surface area contributed by atoms with Gasteiger partial charge in [-0.1, -0.05) is 37.6 Å². The summed E-state index contributed by atoms with van der Waals surface area (Å²) < 4.78 is 36.3. The molecular formula is C43H58ClN5O6S. The fraction of sp³-hybridized carbons (Fsp3) is 0.628. The number of halogens is 1. The molecule has 2 saturated heterocycles. The number of aryl methyl sites for hydroxylation is 1. The molecule has 7 atom stereocenters. The van der Waals surface area contributed by atoms with Crippen LogP contribution in [0.15, 0.2) is 49.1 Å². The number of hydrogen-bond donors (Lipinski definition) is 2. The highest BCUT2D eigenvalue weighted by Crippen LogP contribution is 2.49.